The van der Waals surface area contributed by atoms with Gasteiger partial charge in [0.05, 0.1) is 18.3 Å². The molecule has 0 radical (unpaired) electrons. The summed E-state index contributed by atoms with van der Waals surface area (Å²) in [5.74, 6) is -0.491. The zero-order valence-electron chi connectivity index (χ0n) is 9.03. The highest BCUT2D eigenvalue weighted by molar-refractivity contribution is 5.89. The van der Waals surface area contributed by atoms with E-state index in [2.05, 4.69) is 10.6 Å². The van der Waals surface area contributed by atoms with Crippen molar-refractivity contribution in [3.05, 3.63) is 30.1 Å². The maximum atomic E-state index is 13.2. The van der Waals surface area contributed by atoms with Gasteiger partial charge in [0.1, 0.15) is 5.82 Å². The second kappa shape index (κ2) is 6.07. The predicted octanol–water partition coefficient (Wildman–Crippen LogP) is 1.72. The average Bonchev–Trinajstić information content (AvgIpc) is 2.29. The smallest absolute Gasteiger partial charge is 0.319 e. The lowest BCUT2D eigenvalue weighted by Gasteiger charge is -2.14. The van der Waals surface area contributed by atoms with Crippen LogP contribution in [0.15, 0.2) is 24.3 Å². The Labute approximate surface area is 93.5 Å². The number of benzene rings is 1. The van der Waals surface area contributed by atoms with Crippen LogP contribution < -0.4 is 10.6 Å². The lowest BCUT2D eigenvalue weighted by Crippen LogP contribution is -2.39. The summed E-state index contributed by atoms with van der Waals surface area (Å²) in [4.78, 5) is 11.4. The number of anilines is 1. The molecule has 0 bridgehead atoms. The number of hydrogen-bond acceptors (Lipinski definition) is 2. The zero-order chi connectivity index (χ0) is 12.0. The molecule has 0 heterocycles. The van der Waals surface area contributed by atoms with Crippen LogP contribution in [0.5, 0.6) is 0 Å². The summed E-state index contributed by atoms with van der Waals surface area (Å²) in [7, 11) is 0. The van der Waals surface area contributed by atoms with Gasteiger partial charge in [-0.3, -0.25) is 0 Å². The van der Waals surface area contributed by atoms with Gasteiger partial charge in [0.15, 0.2) is 0 Å². The molecule has 1 aromatic rings. The van der Waals surface area contributed by atoms with Gasteiger partial charge in [0.2, 0.25) is 0 Å². The Bertz CT molecular complexity index is 354. The van der Waals surface area contributed by atoms with Crippen LogP contribution in [0.25, 0.3) is 0 Å². The maximum Gasteiger partial charge on any atom is 0.319 e. The molecule has 1 rings (SSSR count). The third-order valence-corrected chi connectivity index (χ3v) is 2.17. The predicted molar refractivity (Wildman–Crippen MR) is 59.7 cm³/mol. The second-order valence-electron chi connectivity index (χ2n) is 3.37. The van der Waals surface area contributed by atoms with Gasteiger partial charge in [-0.2, -0.15) is 0 Å². The fourth-order valence-corrected chi connectivity index (χ4v) is 1.18. The number of nitrogens with one attached hydrogen (secondary N) is 2. The van der Waals surface area contributed by atoms with Crippen molar-refractivity contribution in [1.82, 2.24) is 5.32 Å². The first-order chi connectivity index (χ1) is 7.67. The van der Waals surface area contributed by atoms with Crippen molar-refractivity contribution in [2.24, 2.45) is 0 Å². The van der Waals surface area contributed by atoms with Gasteiger partial charge in [0.25, 0.3) is 0 Å². The molecule has 0 saturated carbocycles. The van der Waals surface area contributed by atoms with Crippen LogP contribution in [0, 0.1) is 5.82 Å². The Kier molecular flexibility index (Phi) is 4.72. The Morgan fingerprint density at radius 3 is 2.75 bits per heavy atom. The lowest BCUT2D eigenvalue weighted by molar-refractivity contribution is 0.222. The highest BCUT2D eigenvalue weighted by atomic mass is 19.1. The van der Waals surface area contributed by atoms with E-state index in [4.69, 9.17) is 5.11 Å². The largest absolute Gasteiger partial charge is 0.394 e. The zero-order valence-corrected chi connectivity index (χ0v) is 9.03. The Balaban J connectivity index is 2.55. The number of amides is 2. The molecule has 2 amide bonds. The summed E-state index contributed by atoms with van der Waals surface area (Å²) in [6, 6.07) is 5.06. The first-order valence-electron chi connectivity index (χ1n) is 5.10. The van der Waals surface area contributed by atoms with Gasteiger partial charge in [-0.15, -0.1) is 0 Å². The van der Waals surface area contributed by atoms with E-state index in [1.807, 2.05) is 6.92 Å². The number of urea groups is 1. The van der Waals surface area contributed by atoms with Gasteiger partial charge in [-0.1, -0.05) is 19.1 Å². The molecule has 0 fully saturated rings. The van der Waals surface area contributed by atoms with Gasteiger partial charge < -0.3 is 15.7 Å². The summed E-state index contributed by atoms with van der Waals surface area (Å²) in [5, 5.41) is 13.8. The highest BCUT2D eigenvalue weighted by Gasteiger charge is 2.10. The summed E-state index contributed by atoms with van der Waals surface area (Å²) in [6.07, 6.45) is 0.612. The van der Waals surface area contributed by atoms with Crippen LogP contribution in [0.4, 0.5) is 14.9 Å². The Morgan fingerprint density at radius 2 is 2.19 bits per heavy atom. The molecule has 16 heavy (non-hydrogen) atoms. The van der Waals surface area contributed by atoms with E-state index in [1.54, 1.807) is 12.1 Å². The molecule has 4 nitrogen and oxygen atoms in total. The van der Waals surface area contributed by atoms with Crippen molar-refractivity contribution in [3.63, 3.8) is 0 Å². The second-order valence-corrected chi connectivity index (χ2v) is 3.37. The average molecular weight is 226 g/mol. The summed E-state index contributed by atoms with van der Waals surface area (Å²) in [6.45, 7) is 1.70. The number of rotatable bonds is 4. The van der Waals surface area contributed by atoms with Crippen molar-refractivity contribution in [1.29, 1.82) is 0 Å². The number of aliphatic hydroxyl groups is 1. The molecule has 1 atom stereocenters. The van der Waals surface area contributed by atoms with Crippen molar-refractivity contribution in [2.45, 2.75) is 19.4 Å². The van der Waals surface area contributed by atoms with E-state index in [0.717, 1.165) is 0 Å². The number of hydrogen-bond donors (Lipinski definition) is 3. The van der Waals surface area contributed by atoms with E-state index in [-0.39, 0.29) is 18.3 Å². The minimum atomic E-state index is -0.522. The molecule has 0 saturated heterocycles. The van der Waals surface area contributed by atoms with Crippen molar-refractivity contribution in [2.75, 3.05) is 11.9 Å². The van der Waals surface area contributed by atoms with Crippen LogP contribution in [0.1, 0.15) is 13.3 Å². The minimum Gasteiger partial charge on any atom is -0.394 e. The van der Waals surface area contributed by atoms with E-state index < -0.39 is 11.8 Å². The van der Waals surface area contributed by atoms with Crippen LogP contribution >= 0.6 is 0 Å². The molecular formula is C11H15FN2O2. The van der Waals surface area contributed by atoms with E-state index >= 15 is 0 Å². The molecule has 0 aliphatic carbocycles. The summed E-state index contributed by atoms with van der Waals surface area (Å²) < 4.78 is 13.2. The van der Waals surface area contributed by atoms with Crippen molar-refractivity contribution in [3.8, 4) is 0 Å². The number of carbonyl (C=O) groups excluding carboxylic acids is 1. The monoisotopic (exact) mass is 226 g/mol. The third-order valence-electron chi connectivity index (χ3n) is 2.17. The number of para-hydroxylation sites is 1. The topological polar surface area (TPSA) is 61.4 Å². The first kappa shape index (κ1) is 12.4. The maximum absolute atomic E-state index is 13.2. The fourth-order valence-electron chi connectivity index (χ4n) is 1.18. The molecular weight excluding hydrogens is 211 g/mol. The fraction of sp³-hybridized carbons (Fsp3) is 0.364. The normalized spacial score (nSPS) is 11.9. The molecule has 88 valence electrons. The van der Waals surface area contributed by atoms with Gasteiger partial charge in [-0.05, 0) is 18.6 Å². The molecule has 0 aromatic heterocycles. The quantitative estimate of drug-likeness (QED) is 0.732. The molecule has 0 aliphatic rings. The SMILES string of the molecule is CCC(CO)NC(=O)Nc1ccccc1F. The standard InChI is InChI=1S/C11H15FN2O2/c1-2-8(7-15)13-11(16)14-10-6-4-3-5-9(10)12/h3-6,8,15H,2,7H2,1H3,(H2,13,14,16). The number of halogens is 1. The van der Waals surface area contributed by atoms with Crippen LogP contribution in [0.2, 0.25) is 0 Å². The van der Waals surface area contributed by atoms with Crippen LogP contribution in [-0.4, -0.2) is 23.8 Å². The van der Waals surface area contributed by atoms with E-state index in [1.165, 1.54) is 12.1 Å². The van der Waals surface area contributed by atoms with Gasteiger partial charge in [-0.25, -0.2) is 9.18 Å². The summed E-state index contributed by atoms with van der Waals surface area (Å²) >= 11 is 0. The van der Waals surface area contributed by atoms with Gasteiger partial charge >= 0.3 is 6.03 Å². The molecule has 0 aliphatic heterocycles. The minimum absolute atomic E-state index is 0.118. The Hall–Kier alpha value is -1.62. The molecule has 1 aromatic carbocycles. The first-order valence-corrected chi connectivity index (χ1v) is 5.10. The van der Waals surface area contributed by atoms with Crippen molar-refractivity contribution < 1.29 is 14.3 Å². The Morgan fingerprint density at radius 1 is 1.50 bits per heavy atom. The molecule has 0 spiro atoms. The van der Waals surface area contributed by atoms with Gasteiger partial charge in [0, 0.05) is 0 Å². The van der Waals surface area contributed by atoms with E-state index in [9.17, 15) is 9.18 Å². The lowest BCUT2D eigenvalue weighted by atomic mass is 10.2. The van der Waals surface area contributed by atoms with Crippen LogP contribution in [-0.2, 0) is 0 Å². The third kappa shape index (κ3) is 3.51. The van der Waals surface area contributed by atoms with E-state index in [0.29, 0.717) is 6.42 Å². The number of carbonyl (C=O) groups is 1. The number of aliphatic hydroxyl groups excluding tert-OH is 1. The van der Waals surface area contributed by atoms with Crippen LogP contribution in [0.3, 0.4) is 0 Å². The molecule has 3 N–H and O–H groups in total. The molecule has 1 unspecified atom stereocenters. The summed E-state index contributed by atoms with van der Waals surface area (Å²) in [5.41, 5.74) is 0.118. The molecule has 5 heteroatoms. The highest BCUT2D eigenvalue weighted by Crippen LogP contribution is 2.11. The van der Waals surface area contributed by atoms with Crippen molar-refractivity contribution >= 4 is 11.7 Å².